The van der Waals surface area contributed by atoms with Gasteiger partial charge in [0.05, 0.1) is 11.7 Å². The van der Waals surface area contributed by atoms with Crippen LogP contribution >= 0.6 is 11.3 Å². The number of rotatable bonds is 5. The van der Waals surface area contributed by atoms with Crippen LogP contribution in [0.1, 0.15) is 40.9 Å². The second kappa shape index (κ2) is 7.40. The Bertz CT molecular complexity index is 1010. The molecule has 0 radical (unpaired) electrons. The molecule has 0 spiro atoms. The van der Waals surface area contributed by atoms with Gasteiger partial charge in [-0.2, -0.15) is 0 Å². The van der Waals surface area contributed by atoms with Crippen molar-refractivity contribution in [1.29, 1.82) is 0 Å². The van der Waals surface area contributed by atoms with E-state index in [-0.39, 0.29) is 16.6 Å². The summed E-state index contributed by atoms with van der Waals surface area (Å²) in [6.45, 7) is 5.70. The van der Waals surface area contributed by atoms with E-state index < -0.39 is 18.0 Å². The lowest BCUT2D eigenvalue weighted by molar-refractivity contribution is 0.0702. The van der Waals surface area contributed by atoms with Crippen molar-refractivity contribution >= 4 is 40.0 Å². The Morgan fingerprint density at radius 3 is 2.63 bits per heavy atom. The van der Waals surface area contributed by atoms with Gasteiger partial charge in [-0.05, 0) is 37.1 Å². The highest BCUT2D eigenvalue weighted by Gasteiger charge is 2.25. The quantitative estimate of drug-likeness (QED) is 0.561. The Hall–Kier alpha value is -2.87. The summed E-state index contributed by atoms with van der Waals surface area (Å²) in [6.07, 6.45) is 0. The zero-order valence-electron chi connectivity index (χ0n) is 15.0. The van der Waals surface area contributed by atoms with Crippen LogP contribution in [0.5, 0.6) is 0 Å². The van der Waals surface area contributed by atoms with Crippen molar-refractivity contribution in [3.63, 3.8) is 0 Å². The van der Waals surface area contributed by atoms with Crippen molar-refractivity contribution in [2.24, 2.45) is 5.92 Å². The van der Waals surface area contributed by atoms with Gasteiger partial charge in [-0.3, -0.25) is 0 Å². The molecule has 0 saturated heterocycles. The van der Waals surface area contributed by atoms with Gasteiger partial charge >= 0.3 is 12.0 Å². The van der Waals surface area contributed by atoms with Crippen LogP contribution in [0.4, 0.5) is 14.9 Å². The summed E-state index contributed by atoms with van der Waals surface area (Å²) in [6, 6.07) is 4.79. The van der Waals surface area contributed by atoms with Crippen molar-refractivity contribution in [3.8, 4) is 0 Å². The van der Waals surface area contributed by atoms with E-state index in [1.54, 1.807) is 11.4 Å². The van der Waals surface area contributed by atoms with E-state index in [1.165, 1.54) is 18.2 Å². The summed E-state index contributed by atoms with van der Waals surface area (Å²) >= 11 is 1.03. The summed E-state index contributed by atoms with van der Waals surface area (Å²) in [7, 11) is 0. The predicted molar refractivity (Wildman–Crippen MR) is 102 cm³/mol. The molecule has 0 saturated carbocycles. The fourth-order valence-corrected chi connectivity index (χ4v) is 3.54. The second-order valence-corrected chi connectivity index (χ2v) is 7.47. The largest absolute Gasteiger partial charge is 0.477 e. The number of aryl methyl sites for hydroxylation is 1. The van der Waals surface area contributed by atoms with Crippen molar-refractivity contribution in [2.75, 3.05) is 5.32 Å². The van der Waals surface area contributed by atoms with Gasteiger partial charge in [0.15, 0.2) is 0 Å². The van der Waals surface area contributed by atoms with Gasteiger partial charge in [-0.25, -0.2) is 14.0 Å². The van der Waals surface area contributed by atoms with Crippen LogP contribution in [0.15, 0.2) is 34.1 Å². The van der Waals surface area contributed by atoms with Crippen LogP contribution in [-0.4, -0.2) is 17.1 Å². The van der Waals surface area contributed by atoms with Gasteiger partial charge < -0.3 is 20.2 Å². The number of carboxylic acid groups (broad SMARTS) is 1. The fourth-order valence-electron chi connectivity index (χ4n) is 2.87. The first kappa shape index (κ1) is 18.9. The normalized spacial score (nSPS) is 12.3. The first-order valence-electron chi connectivity index (χ1n) is 8.34. The molecule has 0 unspecified atom stereocenters. The molecule has 27 heavy (non-hydrogen) atoms. The maximum Gasteiger partial charge on any atom is 0.345 e. The Morgan fingerprint density at radius 2 is 2.00 bits per heavy atom. The van der Waals surface area contributed by atoms with E-state index in [0.717, 1.165) is 16.9 Å². The molecule has 2 heterocycles. The first-order chi connectivity index (χ1) is 12.8. The summed E-state index contributed by atoms with van der Waals surface area (Å²) in [4.78, 5) is 23.5. The lowest BCUT2D eigenvalue weighted by Gasteiger charge is -2.21. The van der Waals surface area contributed by atoms with Gasteiger partial charge in [0.25, 0.3) is 0 Å². The minimum Gasteiger partial charge on any atom is -0.477 e. The predicted octanol–water partition coefficient (Wildman–Crippen LogP) is 5.16. The standard InChI is InChI=1S/C19H19FN2O4S/c1-9(2)16(17-10(3)13-6-11(20)4-5-14(13)26-17)22-19(25)21-12-7-15(18(23)24)27-8-12/h4-9,16H,1-3H3,(H,23,24)(H2,21,22,25)/t16-/m0/s1. The molecule has 2 aromatic heterocycles. The van der Waals surface area contributed by atoms with Crippen LogP contribution < -0.4 is 10.6 Å². The molecule has 0 fully saturated rings. The number of furan rings is 1. The number of hydrogen-bond acceptors (Lipinski definition) is 4. The third kappa shape index (κ3) is 3.95. The number of fused-ring (bicyclic) bond motifs is 1. The van der Waals surface area contributed by atoms with Crippen molar-refractivity contribution in [3.05, 3.63) is 51.7 Å². The van der Waals surface area contributed by atoms with E-state index in [9.17, 15) is 14.0 Å². The molecule has 1 atom stereocenters. The monoisotopic (exact) mass is 390 g/mol. The van der Waals surface area contributed by atoms with Crippen LogP contribution in [-0.2, 0) is 0 Å². The van der Waals surface area contributed by atoms with Gasteiger partial charge in [0.2, 0.25) is 0 Å². The summed E-state index contributed by atoms with van der Waals surface area (Å²) in [5.74, 6) is -0.815. The Morgan fingerprint density at radius 1 is 1.26 bits per heavy atom. The molecular weight excluding hydrogens is 371 g/mol. The molecule has 3 rings (SSSR count). The Balaban J connectivity index is 1.82. The molecule has 3 aromatic rings. The van der Waals surface area contributed by atoms with Crippen LogP contribution in [0, 0.1) is 18.7 Å². The summed E-state index contributed by atoms with van der Waals surface area (Å²) in [5, 5.41) is 16.7. The Kier molecular flexibility index (Phi) is 5.18. The number of hydrogen-bond donors (Lipinski definition) is 3. The van der Waals surface area contributed by atoms with Crippen molar-refractivity contribution in [2.45, 2.75) is 26.8 Å². The lowest BCUT2D eigenvalue weighted by Crippen LogP contribution is -2.35. The molecule has 0 aliphatic heterocycles. The average Bonchev–Trinajstić information content (AvgIpc) is 3.18. The number of nitrogens with one attached hydrogen (secondary N) is 2. The fraction of sp³-hybridized carbons (Fsp3) is 0.263. The van der Waals surface area contributed by atoms with E-state index in [2.05, 4.69) is 10.6 Å². The maximum absolute atomic E-state index is 13.5. The lowest BCUT2D eigenvalue weighted by atomic mass is 9.98. The van der Waals surface area contributed by atoms with Crippen molar-refractivity contribution in [1.82, 2.24) is 5.32 Å². The average molecular weight is 390 g/mol. The van der Waals surface area contributed by atoms with E-state index in [1.807, 2.05) is 20.8 Å². The van der Waals surface area contributed by atoms with Crippen molar-refractivity contribution < 1.29 is 23.5 Å². The number of anilines is 1. The first-order valence-corrected chi connectivity index (χ1v) is 9.22. The SMILES string of the molecule is Cc1c([C@@H](NC(=O)Nc2csc(C(=O)O)c2)C(C)C)oc2ccc(F)cc12. The minimum absolute atomic E-state index is 0.0110. The molecule has 3 N–H and O–H groups in total. The molecule has 0 aliphatic carbocycles. The molecule has 1 aromatic carbocycles. The highest BCUT2D eigenvalue weighted by atomic mass is 32.1. The van der Waals surface area contributed by atoms with Gasteiger partial charge in [-0.1, -0.05) is 13.8 Å². The van der Waals surface area contributed by atoms with Gasteiger partial charge in [0.1, 0.15) is 22.0 Å². The number of thiophene rings is 1. The summed E-state index contributed by atoms with van der Waals surface area (Å²) < 4.78 is 19.4. The number of aromatic carboxylic acids is 1. The van der Waals surface area contributed by atoms with Crippen LogP contribution in [0.2, 0.25) is 0 Å². The molecular formula is C19H19FN2O4S. The topological polar surface area (TPSA) is 91.6 Å². The van der Waals surface area contributed by atoms with Gasteiger partial charge in [-0.15, -0.1) is 11.3 Å². The number of carbonyl (C=O) groups is 2. The minimum atomic E-state index is -1.04. The third-order valence-electron chi connectivity index (χ3n) is 4.24. The number of amides is 2. The molecule has 2 amide bonds. The maximum atomic E-state index is 13.5. The highest BCUT2D eigenvalue weighted by molar-refractivity contribution is 7.12. The smallest absolute Gasteiger partial charge is 0.345 e. The zero-order chi connectivity index (χ0) is 19.7. The van der Waals surface area contributed by atoms with Gasteiger partial charge in [0, 0.05) is 16.3 Å². The molecule has 8 heteroatoms. The van der Waals surface area contributed by atoms with E-state index >= 15 is 0 Å². The van der Waals surface area contributed by atoms with Crippen LogP contribution in [0.25, 0.3) is 11.0 Å². The number of halogens is 1. The number of benzene rings is 1. The second-order valence-electron chi connectivity index (χ2n) is 6.56. The Labute approximate surface area is 159 Å². The molecule has 6 nitrogen and oxygen atoms in total. The highest BCUT2D eigenvalue weighted by Crippen LogP contribution is 2.33. The number of carboxylic acids is 1. The molecule has 0 aliphatic rings. The molecule has 0 bridgehead atoms. The third-order valence-corrected chi connectivity index (χ3v) is 5.16. The molecule has 142 valence electrons. The van der Waals surface area contributed by atoms with E-state index in [4.69, 9.17) is 9.52 Å². The number of carbonyl (C=O) groups excluding carboxylic acids is 1. The number of urea groups is 1. The summed E-state index contributed by atoms with van der Waals surface area (Å²) in [5.41, 5.74) is 1.73. The van der Waals surface area contributed by atoms with Crippen LogP contribution in [0.3, 0.4) is 0 Å². The van der Waals surface area contributed by atoms with E-state index in [0.29, 0.717) is 22.4 Å². The zero-order valence-corrected chi connectivity index (χ0v) is 15.8.